The third kappa shape index (κ3) is 2.50. The van der Waals surface area contributed by atoms with Crippen LogP contribution in [0.5, 0.6) is 0 Å². The summed E-state index contributed by atoms with van der Waals surface area (Å²) in [7, 11) is 0. The van der Waals surface area contributed by atoms with Crippen molar-refractivity contribution >= 4 is 11.7 Å². The van der Waals surface area contributed by atoms with Gasteiger partial charge >= 0.3 is 0 Å². The number of nitrogens with one attached hydrogen (secondary N) is 1. The smallest absolute Gasteiger partial charge is 0.246 e. The van der Waals surface area contributed by atoms with E-state index >= 15 is 0 Å². The SMILES string of the molecule is C=CC(=O)N1CCC(Nc2ncnc(C)c2C)C1. The van der Waals surface area contributed by atoms with Crippen molar-refractivity contribution in [3.63, 3.8) is 0 Å². The molecule has 1 unspecified atom stereocenters. The highest BCUT2D eigenvalue weighted by Crippen LogP contribution is 2.18. The Morgan fingerprint density at radius 2 is 2.33 bits per heavy atom. The minimum atomic E-state index is -0.00473. The zero-order valence-electron chi connectivity index (χ0n) is 10.8. The number of carbonyl (C=O) groups is 1. The van der Waals surface area contributed by atoms with E-state index in [1.54, 1.807) is 11.2 Å². The standard InChI is InChI=1S/C13H18N4O/c1-4-12(18)17-6-5-11(7-17)16-13-9(2)10(3)14-8-15-13/h4,8,11H,1,5-7H2,2-3H3,(H,14,15,16). The Labute approximate surface area is 107 Å². The highest BCUT2D eigenvalue weighted by Gasteiger charge is 2.25. The van der Waals surface area contributed by atoms with E-state index in [0.29, 0.717) is 6.54 Å². The maximum absolute atomic E-state index is 11.5. The van der Waals surface area contributed by atoms with E-state index in [4.69, 9.17) is 0 Å². The fraction of sp³-hybridized carbons (Fsp3) is 0.462. The number of hydrogen-bond donors (Lipinski definition) is 1. The Morgan fingerprint density at radius 3 is 3.06 bits per heavy atom. The van der Waals surface area contributed by atoms with Gasteiger partial charge in [0, 0.05) is 30.4 Å². The number of rotatable bonds is 3. The molecule has 1 atom stereocenters. The Kier molecular flexibility index (Phi) is 3.60. The molecule has 96 valence electrons. The molecule has 1 aromatic heterocycles. The first-order valence-corrected chi connectivity index (χ1v) is 6.08. The van der Waals surface area contributed by atoms with Gasteiger partial charge in [-0.2, -0.15) is 0 Å². The molecule has 5 nitrogen and oxygen atoms in total. The maximum atomic E-state index is 11.5. The van der Waals surface area contributed by atoms with Crippen molar-refractivity contribution in [1.82, 2.24) is 14.9 Å². The first-order chi connectivity index (χ1) is 8.61. The number of amides is 1. The number of nitrogens with zero attached hydrogens (tertiary/aromatic N) is 3. The second kappa shape index (κ2) is 5.16. The van der Waals surface area contributed by atoms with Crippen molar-refractivity contribution in [3.05, 3.63) is 30.2 Å². The fourth-order valence-corrected chi connectivity index (χ4v) is 2.08. The third-order valence-electron chi connectivity index (χ3n) is 3.35. The Morgan fingerprint density at radius 1 is 1.56 bits per heavy atom. The minimum Gasteiger partial charge on any atom is -0.365 e. The summed E-state index contributed by atoms with van der Waals surface area (Å²) in [4.78, 5) is 21.7. The average molecular weight is 246 g/mol. The molecule has 0 aromatic carbocycles. The van der Waals surface area contributed by atoms with Gasteiger partial charge in [0.1, 0.15) is 12.1 Å². The average Bonchev–Trinajstić information content (AvgIpc) is 2.82. The van der Waals surface area contributed by atoms with E-state index in [-0.39, 0.29) is 11.9 Å². The van der Waals surface area contributed by atoms with Gasteiger partial charge in [0.15, 0.2) is 0 Å². The largest absolute Gasteiger partial charge is 0.365 e. The number of aryl methyl sites for hydroxylation is 1. The van der Waals surface area contributed by atoms with E-state index in [1.807, 2.05) is 13.8 Å². The third-order valence-corrected chi connectivity index (χ3v) is 3.35. The van der Waals surface area contributed by atoms with Crippen molar-refractivity contribution < 1.29 is 4.79 Å². The molecule has 1 aromatic rings. The van der Waals surface area contributed by atoms with Crippen molar-refractivity contribution in [1.29, 1.82) is 0 Å². The summed E-state index contributed by atoms with van der Waals surface area (Å²) >= 11 is 0. The molecule has 5 heteroatoms. The maximum Gasteiger partial charge on any atom is 0.246 e. The lowest BCUT2D eigenvalue weighted by Gasteiger charge is -2.17. The molecule has 2 rings (SSSR count). The molecule has 1 aliphatic rings. The van der Waals surface area contributed by atoms with E-state index in [1.165, 1.54) is 6.08 Å². The summed E-state index contributed by atoms with van der Waals surface area (Å²) in [6.45, 7) is 8.94. The van der Waals surface area contributed by atoms with Gasteiger partial charge in [0.25, 0.3) is 0 Å². The van der Waals surface area contributed by atoms with Crippen LogP contribution in [0.2, 0.25) is 0 Å². The van der Waals surface area contributed by atoms with Crippen molar-refractivity contribution in [2.45, 2.75) is 26.3 Å². The molecule has 1 fully saturated rings. The molecule has 1 aliphatic heterocycles. The van der Waals surface area contributed by atoms with Gasteiger partial charge in [0.05, 0.1) is 0 Å². The van der Waals surface area contributed by atoms with Crippen LogP contribution in [0, 0.1) is 13.8 Å². The van der Waals surface area contributed by atoms with E-state index < -0.39 is 0 Å². The zero-order chi connectivity index (χ0) is 13.1. The highest BCUT2D eigenvalue weighted by atomic mass is 16.2. The van der Waals surface area contributed by atoms with Gasteiger partial charge in [0.2, 0.25) is 5.91 Å². The van der Waals surface area contributed by atoms with Crippen LogP contribution in [-0.4, -0.2) is 39.9 Å². The van der Waals surface area contributed by atoms with Gasteiger partial charge in [-0.15, -0.1) is 0 Å². The lowest BCUT2D eigenvalue weighted by molar-refractivity contribution is -0.125. The number of carbonyl (C=O) groups excluding carboxylic acids is 1. The molecule has 0 radical (unpaired) electrons. The molecule has 0 spiro atoms. The van der Waals surface area contributed by atoms with Crippen LogP contribution in [0.3, 0.4) is 0 Å². The number of likely N-dealkylation sites (tertiary alicyclic amines) is 1. The first-order valence-electron chi connectivity index (χ1n) is 6.08. The number of aromatic nitrogens is 2. The van der Waals surface area contributed by atoms with Gasteiger partial charge in [-0.25, -0.2) is 9.97 Å². The number of hydrogen-bond acceptors (Lipinski definition) is 4. The summed E-state index contributed by atoms with van der Waals surface area (Å²) in [5.41, 5.74) is 2.04. The van der Waals surface area contributed by atoms with Crippen LogP contribution in [0.4, 0.5) is 5.82 Å². The highest BCUT2D eigenvalue weighted by molar-refractivity contribution is 5.87. The molecule has 18 heavy (non-hydrogen) atoms. The van der Waals surface area contributed by atoms with Crippen LogP contribution in [-0.2, 0) is 4.79 Å². The molecule has 1 N–H and O–H groups in total. The molecular formula is C13H18N4O. The van der Waals surface area contributed by atoms with Crippen molar-refractivity contribution in [2.24, 2.45) is 0 Å². The lowest BCUT2D eigenvalue weighted by Crippen LogP contribution is -2.30. The van der Waals surface area contributed by atoms with Gasteiger partial charge in [-0.05, 0) is 26.3 Å². The summed E-state index contributed by atoms with van der Waals surface area (Å²) < 4.78 is 0. The predicted molar refractivity (Wildman–Crippen MR) is 70.3 cm³/mol. The Bertz CT molecular complexity index is 472. The number of anilines is 1. The molecular weight excluding hydrogens is 228 g/mol. The van der Waals surface area contributed by atoms with E-state index in [2.05, 4.69) is 21.9 Å². The van der Waals surface area contributed by atoms with Crippen LogP contribution in [0.25, 0.3) is 0 Å². The quantitative estimate of drug-likeness (QED) is 0.817. The van der Waals surface area contributed by atoms with Crippen molar-refractivity contribution in [3.8, 4) is 0 Å². The van der Waals surface area contributed by atoms with Crippen LogP contribution < -0.4 is 5.32 Å². The summed E-state index contributed by atoms with van der Waals surface area (Å²) in [5.74, 6) is 0.857. The van der Waals surface area contributed by atoms with Crippen LogP contribution >= 0.6 is 0 Å². The summed E-state index contributed by atoms with van der Waals surface area (Å²) in [5, 5.41) is 3.38. The normalized spacial score (nSPS) is 18.8. The minimum absolute atomic E-state index is 0.00473. The monoisotopic (exact) mass is 246 g/mol. The topological polar surface area (TPSA) is 58.1 Å². The van der Waals surface area contributed by atoms with E-state index in [0.717, 1.165) is 30.0 Å². The molecule has 1 amide bonds. The van der Waals surface area contributed by atoms with Gasteiger partial charge in [-0.3, -0.25) is 4.79 Å². The van der Waals surface area contributed by atoms with E-state index in [9.17, 15) is 4.79 Å². The molecule has 1 saturated heterocycles. The van der Waals surface area contributed by atoms with Gasteiger partial charge in [-0.1, -0.05) is 6.58 Å². The van der Waals surface area contributed by atoms with Crippen LogP contribution in [0.1, 0.15) is 17.7 Å². The first kappa shape index (κ1) is 12.5. The second-order valence-electron chi connectivity index (χ2n) is 4.55. The summed E-state index contributed by atoms with van der Waals surface area (Å²) in [6, 6.07) is 0.252. The predicted octanol–water partition coefficient (Wildman–Crippen LogP) is 1.29. The lowest BCUT2D eigenvalue weighted by atomic mass is 10.2. The summed E-state index contributed by atoms with van der Waals surface area (Å²) in [6.07, 6.45) is 3.86. The molecule has 0 aliphatic carbocycles. The molecule has 2 heterocycles. The Balaban J connectivity index is 2.01. The molecule has 0 bridgehead atoms. The molecule has 0 saturated carbocycles. The Hall–Kier alpha value is -1.91. The fourth-order valence-electron chi connectivity index (χ4n) is 2.08. The van der Waals surface area contributed by atoms with Crippen molar-refractivity contribution in [2.75, 3.05) is 18.4 Å². The van der Waals surface area contributed by atoms with Crippen LogP contribution in [0.15, 0.2) is 19.0 Å². The second-order valence-corrected chi connectivity index (χ2v) is 4.55. The van der Waals surface area contributed by atoms with Gasteiger partial charge < -0.3 is 10.2 Å². The zero-order valence-corrected chi connectivity index (χ0v) is 10.8.